The van der Waals surface area contributed by atoms with Gasteiger partial charge in [0.25, 0.3) is 0 Å². The molecule has 0 aromatic carbocycles. The molecular formula is C17H31N. The highest BCUT2D eigenvalue weighted by molar-refractivity contribution is 5.14. The molecule has 1 atom stereocenters. The number of nitrogens with one attached hydrogen (secondary N) is 1. The zero-order valence-corrected chi connectivity index (χ0v) is 12.4. The predicted octanol–water partition coefficient (Wildman–Crippen LogP) is 4.68. The van der Waals surface area contributed by atoms with Gasteiger partial charge in [-0.3, -0.25) is 0 Å². The van der Waals surface area contributed by atoms with Crippen LogP contribution in [0.25, 0.3) is 0 Å². The van der Waals surface area contributed by atoms with Gasteiger partial charge in [-0.2, -0.15) is 0 Å². The van der Waals surface area contributed by atoms with E-state index in [1.807, 2.05) is 0 Å². The molecule has 0 heterocycles. The first-order valence-electron chi connectivity index (χ1n) is 8.21. The van der Waals surface area contributed by atoms with Crippen molar-refractivity contribution in [1.82, 2.24) is 5.32 Å². The normalized spacial score (nSPS) is 31.6. The van der Waals surface area contributed by atoms with Crippen LogP contribution in [-0.4, -0.2) is 13.1 Å². The van der Waals surface area contributed by atoms with Crippen molar-refractivity contribution in [1.29, 1.82) is 0 Å². The van der Waals surface area contributed by atoms with Crippen molar-refractivity contribution < 1.29 is 0 Å². The van der Waals surface area contributed by atoms with E-state index < -0.39 is 0 Å². The smallest absolute Gasteiger partial charge is 0.0305 e. The van der Waals surface area contributed by atoms with E-state index >= 15 is 0 Å². The second-order valence-electron chi connectivity index (χ2n) is 6.33. The van der Waals surface area contributed by atoms with Crippen LogP contribution in [0.5, 0.6) is 0 Å². The molecule has 0 saturated heterocycles. The van der Waals surface area contributed by atoms with Crippen LogP contribution in [0.4, 0.5) is 0 Å². The van der Waals surface area contributed by atoms with E-state index in [0.29, 0.717) is 6.04 Å². The molecule has 1 unspecified atom stereocenters. The third-order valence-electron chi connectivity index (χ3n) is 5.23. The lowest BCUT2D eigenvalue weighted by Gasteiger charge is -2.35. The fourth-order valence-corrected chi connectivity index (χ4v) is 3.98. The van der Waals surface area contributed by atoms with Gasteiger partial charge in [-0.1, -0.05) is 44.3 Å². The average Bonchev–Trinajstić information content (AvgIpc) is 2.70. The van der Waals surface area contributed by atoms with E-state index in [0.717, 1.165) is 11.8 Å². The lowest BCUT2D eigenvalue weighted by atomic mass is 9.75. The number of rotatable bonds is 4. The first-order chi connectivity index (χ1) is 8.85. The zero-order chi connectivity index (χ0) is 12.8. The molecule has 2 aliphatic rings. The van der Waals surface area contributed by atoms with Crippen molar-refractivity contribution in [2.75, 3.05) is 7.05 Å². The van der Waals surface area contributed by atoms with E-state index in [1.165, 1.54) is 64.2 Å². The Morgan fingerprint density at radius 1 is 1.17 bits per heavy atom. The predicted molar refractivity (Wildman–Crippen MR) is 79.8 cm³/mol. The quantitative estimate of drug-likeness (QED) is 0.713. The zero-order valence-electron chi connectivity index (χ0n) is 12.4. The SMILES string of the molecule is CCC1CCC(C(NC)C2=CCCCCC2)CC1. The maximum absolute atomic E-state index is 3.63. The molecule has 0 amide bonds. The van der Waals surface area contributed by atoms with Crippen molar-refractivity contribution in [2.24, 2.45) is 11.8 Å². The molecule has 1 N–H and O–H groups in total. The molecule has 1 fully saturated rings. The Labute approximate surface area is 113 Å². The summed E-state index contributed by atoms with van der Waals surface area (Å²) in [6.07, 6.45) is 16.7. The first-order valence-corrected chi connectivity index (χ1v) is 8.21. The third kappa shape index (κ3) is 3.60. The number of likely N-dealkylation sites (N-methyl/N-ethyl adjacent to an activating group) is 1. The molecule has 0 bridgehead atoms. The van der Waals surface area contributed by atoms with Crippen LogP contribution in [0, 0.1) is 11.8 Å². The summed E-state index contributed by atoms with van der Waals surface area (Å²) in [4.78, 5) is 0. The van der Waals surface area contributed by atoms with Crippen LogP contribution in [-0.2, 0) is 0 Å². The summed E-state index contributed by atoms with van der Waals surface area (Å²) < 4.78 is 0. The van der Waals surface area contributed by atoms with E-state index in [4.69, 9.17) is 0 Å². The van der Waals surface area contributed by atoms with Crippen LogP contribution in [0.2, 0.25) is 0 Å². The summed E-state index contributed by atoms with van der Waals surface area (Å²) in [5.41, 5.74) is 1.73. The van der Waals surface area contributed by atoms with Gasteiger partial charge in [-0.15, -0.1) is 0 Å². The highest BCUT2D eigenvalue weighted by Crippen LogP contribution is 2.35. The van der Waals surface area contributed by atoms with Crippen molar-refractivity contribution in [3.8, 4) is 0 Å². The van der Waals surface area contributed by atoms with E-state index in [-0.39, 0.29) is 0 Å². The van der Waals surface area contributed by atoms with Crippen LogP contribution >= 0.6 is 0 Å². The molecule has 0 aromatic heterocycles. The van der Waals surface area contributed by atoms with Gasteiger partial charge in [-0.25, -0.2) is 0 Å². The summed E-state index contributed by atoms with van der Waals surface area (Å²) in [5.74, 6) is 1.92. The Kier molecular flexibility index (Phi) is 5.75. The number of allylic oxidation sites excluding steroid dienone is 1. The molecule has 2 rings (SSSR count). The highest BCUT2D eigenvalue weighted by Gasteiger charge is 2.28. The summed E-state index contributed by atoms with van der Waals surface area (Å²) in [7, 11) is 2.17. The second kappa shape index (κ2) is 7.33. The minimum Gasteiger partial charge on any atom is -0.313 e. The molecular weight excluding hydrogens is 218 g/mol. The van der Waals surface area contributed by atoms with Gasteiger partial charge in [0.05, 0.1) is 0 Å². The van der Waals surface area contributed by atoms with Crippen molar-refractivity contribution in [3.63, 3.8) is 0 Å². The van der Waals surface area contributed by atoms with Crippen LogP contribution < -0.4 is 5.32 Å². The van der Waals surface area contributed by atoms with Gasteiger partial charge in [0.1, 0.15) is 0 Å². The molecule has 0 aromatic rings. The summed E-state index contributed by atoms with van der Waals surface area (Å²) in [6, 6.07) is 0.681. The summed E-state index contributed by atoms with van der Waals surface area (Å²) in [6.45, 7) is 2.36. The van der Waals surface area contributed by atoms with Gasteiger partial charge in [0.15, 0.2) is 0 Å². The Morgan fingerprint density at radius 3 is 2.61 bits per heavy atom. The highest BCUT2D eigenvalue weighted by atomic mass is 14.9. The third-order valence-corrected chi connectivity index (χ3v) is 5.23. The topological polar surface area (TPSA) is 12.0 Å². The monoisotopic (exact) mass is 249 g/mol. The molecule has 0 spiro atoms. The van der Waals surface area contributed by atoms with Crippen LogP contribution in [0.1, 0.15) is 71.1 Å². The minimum absolute atomic E-state index is 0.681. The van der Waals surface area contributed by atoms with E-state index in [2.05, 4.69) is 25.4 Å². The maximum atomic E-state index is 3.63. The standard InChI is InChI=1S/C17H31N/c1-3-14-10-12-16(13-11-14)17(18-2)15-8-6-4-5-7-9-15/h8,14,16-18H,3-7,9-13H2,1-2H3. The first kappa shape index (κ1) is 14.1. The molecule has 1 nitrogen and oxygen atoms in total. The molecule has 0 radical (unpaired) electrons. The number of hydrogen-bond acceptors (Lipinski definition) is 1. The Morgan fingerprint density at radius 2 is 1.94 bits per heavy atom. The summed E-state index contributed by atoms with van der Waals surface area (Å²) in [5, 5.41) is 3.63. The molecule has 1 saturated carbocycles. The maximum Gasteiger partial charge on any atom is 0.0305 e. The van der Waals surface area contributed by atoms with E-state index in [9.17, 15) is 0 Å². The molecule has 1 heteroatoms. The Bertz CT molecular complexity index is 261. The van der Waals surface area contributed by atoms with Crippen molar-refractivity contribution in [3.05, 3.63) is 11.6 Å². The fourth-order valence-electron chi connectivity index (χ4n) is 3.98. The summed E-state index contributed by atoms with van der Waals surface area (Å²) >= 11 is 0. The average molecular weight is 249 g/mol. The van der Waals surface area contributed by atoms with Crippen LogP contribution in [0.3, 0.4) is 0 Å². The molecule has 104 valence electrons. The Hall–Kier alpha value is -0.300. The van der Waals surface area contributed by atoms with Gasteiger partial charge >= 0.3 is 0 Å². The van der Waals surface area contributed by atoms with Gasteiger partial charge in [-0.05, 0) is 57.4 Å². The molecule has 2 aliphatic carbocycles. The lowest BCUT2D eigenvalue weighted by molar-refractivity contribution is 0.235. The fraction of sp³-hybridized carbons (Fsp3) is 0.882. The van der Waals surface area contributed by atoms with Crippen molar-refractivity contribution in [2.45, 2.75) is 77.2 Å². The second-order valence-corrected chi connectivity index (χ2v) is 6.33. The van der Waals surface area contributed by atoms with Crippen LogP contribution in [0.15, 0.2) is 11.6 Å². The van der Waals surface area contributed by atoms with Crippen molar-refractivity contribution >= 4 is 0 Å². The lowest BCUT2D eigenvalue weighted by Crippen LogP contribution is -2.37. The molecule has 18 heavy (non-hydrogen) atoms. The van der Waals surface area contributed by atoms with Gasteiger partial charge in [0.2, 0.25) is 0 Å². The minimum atomic E-state index is 0.681. The van der Waals surface area contributed by atoms with E-state index in [1.54, 1.807) is 5.57 Å². The number of hydrogen-bond donors (Lipinski definition) is 1. The molecule has 0 aliphatic heterocycles. The van der Waals surface area contributed by atoms with Gasteiger partial charge in [0, 0.05) is 6.04 Å². The largest absolute Gasteiger partial charge is 0.313 e. The Balaban J connectivity index is 1.93. The van der Waals surface area contributed by atoms with Gasteiger partial charge < -0.3 is 5.32 Å².